The number of benzene rings is 1. The second-order valence-electron chi connectivity index (χ2n) is 9.80. The minimum absolute atomic E-state index is 0.0445. The predicted octanol–water partition coefficient (Wildman–Crippen LogP) is 4.17. The average molecular weight is 505 g/mol. The van der Waals surface area contributed by atoms with Crippen LogP contribution in [-0.2, 0) is 24.5 Å². The first-order valence-electron chi connectivity index (χ1n) is 12.4. The van der Waals surface area contributed by atoms with Crippen molar-refractivity contribution in [3.8, 4) is 0 Å². The van der Waals surface area contributed by atoms with E-state index in [1.165, 1.54) is 10.7 Å². The Morgan fingerprint density at radius 1 is 1.25 bits per heavy atom. The zero-order valence-electron chi connectivity index (χ0n) is 20.2. The summed E-state index contributed by atoms with van der Waals surface area (Å²) in [7, 11) is 1.58. The minimum Gasteiger partial charge on any atom is -0.446 e. The molecule has 1 aromatic carbocycles. The summed E-state index contributed by atoms with van der Waals surface area (Å²) in [6.45, 7) is 3.91. The molecule has 8 nitrogen and oxygen atoms in total. The maximum Gasteiger partial charge on any atom is 0.418 e. The van der Waals surface area contributed by atoms with Crippen molar-refractivity contribution in [1.29, 1.82) is 0 Å². The van der Waals surface area contributed by atoms with Gasteiger partial charge in [0.1, 0.15) is 6.10 Å². The summed E-state index contributed by atoms with van der Waals surface area (Å²) in [5.74, 6) is 0.469. The van der Waals surface area contributed by atoms with Crippen LogP contribution in [0.25, 0.3) is 10.9 Å². The van der Waals surface area contributed by atoms with Crippen molar-refractivity contribution in [2.24, 2.45) is 13.0 Å². The Hall–Kier alpha value is -3.08. The first kappa shape index (κ1) is 24.6. The van der Waals surface area contributed by atoms with Crippen LogP contribution in [0.4, 0.5) is 18.0 Å². The van der Waals surface area contributed by atoms with Gasteiger partial charge in [-0.05, 0) is 44.8 Å². The lowest BCUT2D eigenvalue weighted by molar-refractivity contribution is -0.136. The molecular weight excluding hydrogens is 473 g/mol. The van der Waals surface area contributed by atoms with Gasteiger partial charge in [-0.15, -0.1) is 0 Å². The molecule has 1 aliphatic heterocycles. The fourth-order valence-electron chi connectivity index (χ4n) is 5.22. The van der Waals surface area contributed by atoms with E-state index in [9.17, 15) is 18.0 Å². The highest BCUT2D eigenvalue weighted by molar-refractivity contribution is 5.86. The van der Waals surface area contributed by atoms with Gasteiger partial charge in [0.25, 0.3) is 0 Å². The van der Waals surface area contributed by atoms with Crippen LogP contribution >= 0.6 is 0 Å². The molecule has 1 saturated heterocycles. The van der Waals surface area contributed by atoms with E-state index in [0.717, 1.165) is 63.6 Å². The Balaban J connectivity index is 1.06. The molecule has 3 heterocycles. The van der Waals surface area contributed by atoms with E-state index in [1.807, 2.05) is 10.8 Å². The van der Waals surface area contributed by atoms with Gasteiger partial charge in [-0.25, -0.2) is 9.78 Å². The molecule has 2 fully saturated rings. The molecule has 11 heteroatoms. The number of aromatic nitrogens is 4. The van der Waals surface area contributed by atoms with Gasteiger partial charge >= 0.3 is 12.3 Å². The number of alkyl halides is 3. The second kappa shape index (κ2) is 10.1. The maximum atomic E-state index is 13.5. The van der Waals surface area contributed by atoms with E-state index in [-0.39, 0.29) is 23.6 Å². The van der Waals surface area contributed by atoms with Gasteiger partial charge in [-0.2, -0.15) is 18.3 Å². The fourth-order valence-corrected chi connectivity index (χ4v) is 5.22. The lowest BCUT2D eigenvalue weighted by atomic mass is 9.91. The number of piperidine rings is 1. The van der Waals surface area contributed by atoms with Crippen LogP contribution in [0.15, 0.2) is 36.9 Å². The fraction of sp³-hybridized carbons (Fsp3) is 0.560. The minimum atomic E-state index is -4.41. The highest BCUT2D eigenvalue weighted by atomic mass is 19.4. The summed E-state index contributed by atoms with van der Waals surface area (Å²) in [5, 5.41) is 7.91. The van der Waals surface area contributed by atoms with E-state index in [1.54, 1.807) is 25.6 Å². The number of rotatable bonds is 8. The lowest BCUT2D eigenvalue weighted by Crippen LogP contribution is -2.35. The first-order valence-corrected chi connectivity index (χ1v) is 12.4. The molecule has 3 aromatic rings. The largest absolute Gasteiger partial charge is 0.446 e. The molecule has 2 aliphatic rings. The normalized spacial score (nSPS) is 21.1. The van der Waals surface area contributed by atoms with Crippen LogP contribution in [0, 0.1) is 5.92 Å². The third-order valence-electron chi connectivity index (χ3n) is 7.20. The average Bonchev–Trinajstić information content (AvgIpc) is 3.21. The number of hydrogen-bond donors (Lipinski definition) is 1. The summed E-state index contributed by atoms with van der Waals surface area (Å²) in [6.07, 6.45) is 3.90. The van der Waals surface area contributed by atoms with Gasteiger partial charge in [0, 0.05) is 56.3 Å². The molecule has 0 radical (unpaired) electrons. The summed E-state index contributed by atoms with van der Waals surface area (Å²) in [6, 6.07) is 4.33. The van der Waals surface area contributed by atoms with Crippen molar-refractivity contribution in [3.05, 3.63) is 48.2 Å². The summed E-state index contributed by atoms with van der Waals surface area (Å²) >= 11 is 0. The number of alkyl carbamates (subject to hydrolysis) is 1. The van der Waals surface area contributed by atoms with Gasteiger partial charge in [0.05, 0.1) is 23.1 Å². The molecule has 36 heavy (non-hydrogen) atoms. The van der Waals surface area contributed by atoms with Crippen molar-refractivity contribution in [1.82, 2.24) is 29.5 Å². The van der Waals surface area contributed by atoms with Crippen molar-refractivity contribution in [2.45, 2.75) is 50.4 Å². The van der Waals surface area contributed by atoms with Gasteiger partial charge in [0.15, 0.2) is 0 Å². The molecule has 0 unspecified atom stereocenters. The van der Waals surface area contributed by atoms with Crippen molar-refractivity contribution >= 4 is 17.0 Å². The van der Waals surface area contributed by atoms with E-state index >= 15 is 0 Å². The molecule has 5 rings (SSSR count). The van der Waals surface area contributed by atoms with Gasteiger partial charge in [-0.1, -0.05) is 12.1 Å². The van der Waals surface area contributed by atoms with Gasteiger partial charge < -0.3 is 19.5 Å². The Morgan fingerprint density at radius 2 is 2.06 bits per heavy atom. The number of carbonyl (C=O) groups is 1. The van der Waals surface area contributed by atoms with Crippen LogP contribution < -0.4 is 5.32 Å². The quantitative estimate of drug-likeness (QED) is 0.466. The molecule has 1 amide bonds. The molecule has 1 aliphatic carbocycles. The summed E-state index contributed by atoms with van der Waals surface area (Å²) < 4.78 is 49.3. The lowest BCUT2D eigenvalue weighted by Gasteiger charge is -2.31. The zero-order valence-corrected chi connectivity index (χ0v) is 20.2. The molecular formula is C25H31F3N6O2. The summed E-state index contributed by atoms with van der Waals surface area (Å²) in [4.78, 5) is 18.4. The highest BCUT2D eigenvalue weighted by Gasteiger charge is 2.42. The number of aryl methyl sites for hydroxylation is 2. The Bertz CT molecular complexity index is 1180. The summed E-state index contributed by atoms with van der Waals surface area (Å²) in [5.41, 5.74) is 0.275. The van der Waals surface area contributed by atoms with Gasteiger partial charge in [-0.3, -0.25) is 4.68 Å². The van der Waals surface area contributed by atoms with Crippen LogP contribution in [0.3, 0.4) is 0 Å². The standard InChI is InChI=1S/C25H31F3N6O2/c1-32-23-19(4-2-5-20(23)25(26,27)28)22(31-32)17-6-11-33(12-7-17)15-18-14-21(18)36-24(35)30-8-3-10-34-13-9-29-16-34/h2,4-5,9,13,16-18,21H,3,6-8,10-12,14-15H2,1H3,(H,30,35)/t18-,21-/m1/s1. The number of amides is 1. The Morgan fingerprint density at radius 3 is 2.78 bits per heavy atom. The molecule has 1 N–H and O–H groups in total. The second-order valence-corrected chi connectivity index (χ2v) is 9.80. The maximum absolute atomic E-state index is 13.5. The van der Waals surface area contributed by atoms with Gasteiger partial charge in [0.2, 0.25) is 0 Å². The number of hydrogen-bond acceptors (Lipinski definition) is 5. The van der Waals surface area contributed by atoms with Crippen molar-refractivity contribution in [3.63, 3.8) is 0 Å². The Labute approximate surface area is 207 Å². The third-order valence-corrected chi connectivity index (χ3v) is 7.20. The zero-order chi connectivity index (χ0) is 25.3. The van der Waals surface area contributed by atoms with E-state index in [0.29, 0.717) is 17.8 Å². The molecule has 2 aromatic heterocycles. The number of carbonyl (C=O) groups excluding carboxylic acids is 1. The molecule has 194 valence electrons. The number of halogens is 3. The van der Waals surface area contributed by atoms with E-state index in [4.69, 9.17) is 4.74 Å². The number of fused-ring (bicyclic) bond motifs is 1. The smallest absolute Gasteiger partial charge is 0.418 e. The topological polar surface area (TPSA) is 77.2 Å². The number of likely N-dealkylation sites (tertiary alicyclic amines) is 1. The highest BCUT2D eigenvalue weighted by Crippen LogP contribution is 2.40. The Kier molecular flexibility index (Phi) is 6.92. The number of nitrogens with one attached hydrogen (secondary N) is 1. The van der Waals surface area contributed by atoms with Crippen LogP contribution in [-0.4, -0.2) is 62.6 Å². The van der Waals surface area contributed by atoms with E-state index < -0.39 is 11.7 Å². The molecule has 1 saturated carbocycles. The predicted molar refractivity (Wildman–Crippen MR) is 127 cm³/mol. The molecule has 0 bridgehead atoms. The van der Waals surface area contributed by atoms with Crippen molar-refractivity contribution in [2.75, 3.05) is 26.2 Å². The number of ether oxygens (including phenoxy) is 1. The van der Waals surface area contributed by atoms with Crippen molar-refractivity contribution < 1.29 is 22.7 Å². The number of para-hydroxylation sites is 1. The number of nitrogens with zero attached hydrogens (tertiary/aromatic N) is 5. The van der Waals surface area contributed by atoms with Crippen LogP contribution in [0.2, 0.25) is 0 Å². The first-order chi connectivity index (χ1) is 17.3. The molecule has 2 atom stereocenters. The van der Waals surface area contributed by atoms with E-state index in [2.05, 4.69) is 20.3 Å². The number of imidazole rings is 1. The van der Waals surface area contributed by atoms with Crippen LogP contribution in [0.5, 0.6) is 0 Å². The monoisotopic (exact) mass is 504 g/mol. The third kappa shape index (κ3) is 5.50. The SMILES string of the molecule is Cn1nc(C2CCN(C[C@H]3C[C@H]3OC(=O)NCCCn3ccnc3)CC2)c2cccc(C(F)(F)F)c21. The van der Waals surface area contributed by atoms with Crippen LogP contribution in [0.1, 0.15) is 42.9 Å². The molecule has 0 spiro atoms.